The third-order valence-electron chi connectivity index (χ3n) is 4.44. The first kappa shape index (κ1) is 16.0. The minimum absolute atomic E-state index is 0.0120. The molecule has 0 aliphatic carbocycles. The normalized spacial score (nSPS) is 21.8. The lowest BCUT2D eigenvalue weighted by Gasteiger charge is -2.24. The molecule has 1 unspecified atom stereocenters. The van der Waals surface area contributed by atoms with Gasteiger partial charge in [-0.1, -0.05) is 20.3 Å². The second kappa shape index (κ2) is 6.18. The van der Waals surface area contributed by atoms with Crippen molar-refractivity contribution >= 4 is 23.2 Å². The van der Waals surface area contributed by atoms with E-state index < -0.39 is 11.4 Å². The molecule has 2 rings (SSSR count). The van der Waals surface area contributed by atoms with Gasteiger partial charge in [-0.25, -0.2) is 0 Å². The molecule has 1 aromatic heterocycles. The molecule has 116 valence electrons. The van der Waals surface area contributed by atoms with Crippen LogP contribution in [0.5, 0.6) is 0 Å². The molecule has 1 aromatic rings. The molecule has 0 bridgehead atoms. The zero-order chi connectivity index (χ0) is 15.6. The Bertz CT molecular complexity index is 552. The van der Waals surface area contributed by atoms with Crippen molar-refractivity contribution in [1.29, 1.82) is 0 Å². The molecule has 1 aliphatic heterocycles. The van der Waals surface area contributed by atoms with Gasteiger partial charge in [0.15, 0.2) is 0 Å². The maximum atomic E-state index is 12.6. The third-order valence-corrected chi connectivity index (χ3v) is 5.52. The van der Waals surface area contributed by atoms with Crippen LogP contribution in [0.4, 0.5) is 0 Å². The molecule has 1 fully saturated rings. The Hall–Kier alpha value is -1.36. The van der Waals surface area contributed by atoms with Gasteiger partial charge in [0.25, 0.3) is 5.91 Å². The SMILES string of the molecule is CCCC1(C(=O)O)CCN(C(=O)c2cc(CC)c(C)s2)C1. The van der Waals surface area contributed by atoms with Crippen LogP contribution in [0.25, 0.3) is 0 Å². The third kappa shape index (κ3) is 2.98. The number of aryl methyl sites for hydroxylation is 2. The van der Waals surface area contributed by atoms with Gasteiger partial charge in [-0.05, 0) is 37.8 Å². The standard InChI is InChI=1S/C16H23NO3S/c1-4-6-16(15(19)20)7-8-17(10-16)14(18)13-9-12(5-2)11(3)21-13/h9H,4-8,10H2,1-3H3,(H,19,20). The molecule has 21 heavy (non-hydrogen) atoms. The first-order valence-electron chi connectivity index (χ1n) is 7.55. The Labute approximate surface area is 129 Å². The van der Waals surface area contributed by atoms with Gasteiger partial charge in [0.2, 0.25) is 0 Å². The van der Waals surface area contributed by atoms with Crippen molar-refractivity contribution in [2.45, 2.75) is 46.5 Å². The van der Waals surface area contributed by atoms with Crippen molar-refractivity contribution in [3.63, 3.8) is 0 Å². The average molecular weight is 309 g/mol. The van der Waals surface area contributed by atoms with Crippen LogP contribution in [0.1, 0.15) is 53.2 Å². The van der Waals surface area contributed by atoms with Crippen molar-refractivity contribution in [1.82, 2.24) is 4.90 Å². The molecule has 0 saturated carbocycles. The Morgan fingerprint density at radius 3 is 2.67 bits per heavy atom. The van der Waals surface area contributed by atoms with Crippen molar-refractivity contribution in [2.24, 2.45) is 5.41 Å². The Balaban J connectivity index is 2.16. The van der Waals surface area contributed by atoms with Crippen LogP contribution < -0.4 is 0 Å². The number of hydrogen-bond acceptors (Lipinski definition) is 3. The van der Waals surface area contributed by atoms with Gasteiger partial charge < -0.3 is 10.0 Å². The van der Waals surface area contributed by atoms with Crippen LogP contribution in [0.3, 0.4) is 0 Å². The fraction of sp³-hybridized carbons (Fsp3) is 0.625. The summed E-state index contributed by atoms with van der Waals surface area (Å²) in [6.07, 6.45) is 2.94. The van der Waals surface area contributed by atoms with Gasteiger partial charge in [0.05, 0.1) is 10.3 Å². The number of rotatable bonds is 5. The molecule has 1 saturated heterocycles. The Morgan fingerprint density at radius 1 is 1.43 bits per heavy atom. The summed E-state index contributed by atoms with van der Waals surface area (Å²) in [5, 5.41) is 9.52. The van der Waals surface area contributed by atoms with E-state index >= 15 is 0 Å². The molecule has 5 heteroatoms. The van der Waals surface area contributed by atoms with E-state index in [0.29, 0.717) is 25.9 Å². The molecule has 1 amide bonds. The molecule has 1 aliphatic rings. The number of carboxylic acids is 1. The van der Waals surface area contributed by atoms with E-state index in [1.165, 1.54) is 21.8 Å². The highest BCUT2D eigenvalue weighted by Crippen LogP contribution is 2.37. The second-order valence-corrected chi connectivity index (χ2v) is 7.11. The molecular weight excluding hydrogens is 286 g/mol. The predicted octanol–water partition coefficient (Wildman–Crippen LogP) is 3.34. The number of carbonyl (C=O) groups excluding carboxylic acids is 1. The lowest BCUT2D eigenvalue weighted by molar-refractivity contribution is -0.148. The quantitative estimate of drug-likeness (QED) is 0.907. The van der Waals surface area contributed by atoms with Crippen LogP contribution in [0, 0.1) is 12.3 Å². The van der Waals surface area contributed by atoms with Gasteiger partial charge in [-0.15, -0.1) is 11.3 Å². The molecule has 0 radical (unpaired) electrons. The van der Waals surface area contributed by atoms with E-state index in [1.807, 2.05) is 19.9 Å². The van der Waals surface area contributed by atoms with Gasteiger partial charge in [-0.2, -0.15) is 0 Å². The van der Waals surface area contributed by atoms with Crippen molar-refractivity contribution in [3.05, 3.63) is 21.4 Å². The summed E-state index contributed by atoms with van der Waals surface area (Å²) in [4.78, 5) is 27.8. The largest absolute Gasteiger partial charge is 0.481 e. The van der Waals surface area contributed by atoms with Crippen LogP contribution in [0.2, 0.25) is 0 Å². The fourth-order valence-corrected chi connectivity index (χ4v) is 4.22. The second-order valence-electron chi connectivity index (χ2n) is 5.86. The number of carbonyl (C=O) groups is 2. The Morgan fingerprint density at radius 2 is 2.14 bits per heavy atom. The average Bonchev–Trinajstić information content (AvgIpc) is 3.03. The summed E-state index contributed by atoms with van der Waals surface area (Å²) >= 11 is 1.52. The number of hydrogen-bond donors (Lipinski definition) is 1. The predicted molar refractivity (Wildman–Crippen MR) is 83.9 cm³/mol. The molecule has 0 spiro atoms. The molecule has 4 nitrogen and oxygen atoms in total. The summed E-state index contributed by atoms with van der Waals surface area (Å²) in [7, 11) is 0. The number of thiophene rings is 1. The number of aliphatic carboxylic acids is 1. The van der Waals surface area contributed by atoms with Crippen molar-refractivity contribution in [2.75, 3.05) is 13.1 Å². The summed E-state index contributed by atoms with van der Waals surface area (Å²) in [5.74, 6) is -0.779. The fourth-order valence-electron chi connectivity index (χ4n) is 3.14. The van der Waals surface area contributed by atoms with E-state index in [9.17, 15) is 14.7 Å². The summed E-state index contributed by atoms with van der Waals surface area (Å²) in [6.45, 7) is 6.99. The van der Waals surface area contributed by atoms with E-state index in [4.69, 9.17) is 0 Å². The van der Waals surface area contributed by atoms with Crippen molar-refractivity contribution in [3.8, 4) is 0 Å². The monoisotopic (exact) mass is 309 g/mol. The van der Waals surface area contributed by atoms with E-state index in [1.54, 1.807) is 4.90 Å². The van der Waals surface area contributed by atoms with Gasteiger partial charge in [0.1, 0.15) is 0 Å². The van der Waals surface area contributed by atoms with Crippen molar-refractivity contribution < 1.29 is 14.7 Å². The molecule has 1 N–H and O–H groups in total. The summed E-state index contributed by atoms with van der Waals surface area (Å²) < 4.78 is 0. The first-order chi connectivity index (χ1) is 9.93. The highest BCUT2D eigenvalue weighted by molar-refractivity contribution is 7.14. The minimum Gasteiger partial charge on any atom is -0.481 e. The van der Waals surface area contributed by atoms with Crippen LogP contribution in [0.15, 0.2) is 6.07 Å². The maximum Gasteiger partial charge on any atom is 0.311 e. The number of likely N-dealkylation sites (tertiary alicyclic amines) is 1. The first-order valence-corrected chi connectivity index (χ1v) is 8.37. The van der Waals surface area contributed by atoms with Gasteiger partial charge in [0, 0.05) is 18.0 Å². The Kier molecular flexibility index (Phi) is 4.71. The van der Waals surface area contributed by atoms with Crippen LogP contribution >= 0.6 is 11.3 Å². The smallest absolute Gasteiger partial charge is 0.311 e. The zero-order valence-electron chi connectivity index (χ0n) is 12.9. The maximum absolute atomic E-state index is 12.6. The number of carboxylic acid groups (broad SMARTS) is 1. The van der Waals surface area contributed by atoms with E-state index in [0.717, 1.165) is 17.7 Å². The lowest BCUT2D eigenvalue weighted by atomic mass is 9.83. The molecule has 0 aromatic carbocycles. The molecule has 2 heterocycles. The topological polar surface area (TPSA) is 57.6 Å². The number of amides is 1. The highest BCUT2D eigenvalue weighted by atomic mass is 32.1. The summed E-state index contributed by atoms with van der Waals surface area (Å²) in [6, 6.07) is 1.96. The molecule has 1 atom stereocenters. The van der Waals surface area contributed by atoms with Gasteiger partial charge >= 0.3 is 5.97 Å². The summed E-state index contributed by atoms with van der Waals surface area (Å²) in [5.41, 5.74) is 0.463. The number of nitrogens with zero attached hydrogens (tertiary/aromatic N) is 1. The van der Waals surface area contributed by atoms with E-state index in [2.05, 4.69) is 6.92 Å². The van der Waals surface area contributed by atoms with Gasteiger partial charge in [-0.3, -0.25) is 9.59 Å². The lowest BCUT2D eigenvalue weighted by Crippen LogP contribution is -2.36. The zero-order valence-corrected chi connectivity index (χ0v) is 13.8. The highest BCUT2D eigenvalue weighted by Gasteiger charge is 2.45. The van der Waals surface area contributed by atoms with E-state index in [-0.39, 0.29) is 5.91 Å². The van der Waals surface area contributed by atoms with Crippen LogP contribution in [-0.2, 0) is 11.2 Å². The van der Waals surface area contributed by atoms with Crippen LogP contribution in [-0.4, -0.2) is 35.0 Å². The molecular formula is C16H23NO3S. The minimum atomic E-state index is -0.767.